The summed E-state index contributed by atoms with van der Waals surface area (Å²) < 4.78 is 29.5. The first-order chi connectivity index (χ1) is 12.7. The summed E-state index contributed by atoms with van der Waals surface area (Å²) in [4.78, 5) is 12.7. The smallest absolute Gasteiger partial charge is 0.272 e. The monoisotopic (exact) mass is 376 g/mol. The molecule has 27 heavy (non-hydrogen) atoms. The lowest BCUT2D eigenvalue weighted by Gasteiger charge is -2.36. The number of hydrogen-bond donors (Lipinski definition) is 1. The molecule has 4 rings (SSSR count). The van der Waals surface area contributed by atoms with Crippen molar-refractivity contribution in [1.29, 1.82) is 0 Å². The highest BCUT2D eigenvalue weighted by molar-refractivity contribution is 5.85. The van der Waals surface area contributed by atoms with Crippen LogP contribution in [0.3, 0.4) is 0 Å². The van der Waals surface area contributed by atoms with E-state index in [-0.39, 0.29) is 0 Å². The average Bonchev–Trinajstić information content (AvgIpc) is 3.09. The molecule has 8 heteroatoms. The van der Waals surface area contributed by atoms with Gasteiger partial charge in [0.25, 0.3) is 5.91 Å². The molecule has 3 heterocycles. The molecule has 3 aliphatic heterocycles. The fraction of sp³-hybridized carbons (Fsp3) is 0.579. The van der Waals surface area contributed by atoms with Gasteiger partial charge < -0.3 is 23.7 Å². The van der Waals surface area contributed by atoms with Crippen LogP contribution in [0, 0.1) is 0 Å². The van der Waals surface area contributed by atoms with Crippen LogP contribution < -0.4 is 5.43 Å². The van der Waals surface area contributed by atoms with E-state index < -0.39 is 48.2 Å². The number of ether oxygens (including phenoxy) is 5. The van der Waals surface area contributed by atoms with Gasteiger partial charge in [-0.1, -0.05) is 30.3 Å². The predicted octanol–water partition coefficient (Wildman–Crippen LogP) is 1.53. The highest BCUT2D eigenvalue weighted by Gasteiger charge is 2.62. The van der Waals surface area contributed by atoms with E-state index in [1.54, 1.807) is 33.9 Å². The Morgan fingerprint density at radius 1 is 0.963 bits per heavy atom. The quantitative estimate of drug-likeness (QED) is 0.636. The lowest BCUT2D eigenvalue weighted by atomic mass is 9.98. The van der Waals surface area contributed by atoms with E-state index in [0.29, 0.717) is 0 Å². The van der Waals surface area contributed by atoms with Crippen molar-refractivity contribution in [2.75, 3.05) is 0 Å². The van der Waals surface area contributed by atoms with Gasteiger partial charge in [-0.05, 0) is 33.3 Å². The van der Waals surface area contributed by atoms with Crippen molar-refractivity contribution in [3.05, 3.63) is 35.9 Å². The first kappa shape index (κ1) is 18.5. The van der Waals surface area contributed by atoms with Gasteiger partial charge in [0.05, 0.1) is 6.21 Å². The van der Waals surface area contributed by atoms with E-state index >= 15 is 0 Å². The number of fused-ring (bicyclic) bond motifs is 3. The summed E-state index contributed by atoms with van der Waals surface area (Å²) in [5.41, 5.74) is 3.39. The summed E-state index contributed by atoms with van der Waals surface area (Å²) in [7, 11) is 0. The minimum atomic E-state index is -0.927. The number of nitrogens with zero attached hydrogens (tertiary/aromatic N) is 1. The second-order valence-corrected chi connectivity index (χ2v) is 7.73. The van der Waals surface area contributed by atoms with Crippen molar-refractivity contribution in [3.63, 3.8) is 0 Å². The second-order valence-electron chi connectivity index (χ2n) is 7.73. The molecule has 0 aliphatic carbocycles. The fourth-order valence-corrected chi connectivity index (χ4v) is 3.60. The van der Waals surface area contributed by atoms with Crippen LogP contribution in [-0.2, 0) is 28.5 Å². The molecule has 0 saturated carbocycles. The number of amides is 1. The molecule has 8 nitrogen and oxygen atoms in total. The molecule has 1 N–H and O–H groups in total. The van der Waals surface area contributed by atoms with Gasteiger partial charge in [-0.3, -0.25) is 4.79 Å². The summed E-state index contributed by atoms with van der Waals surface area (Å²) >= 11 is 0. The van der Waals surface area contributed by atoms with E-state index in [4.69, 9.17) is 23.7 Å². The van der Waals surface area contributed by atoms with Crippen LogP contribution in [0.25, 0.3) is 0 Å². The van der Waals surface area contributed by atoms with Crippen molar-refractivity contribution in [3.8, 4) is 0 Å². The average molecular weight is 376 g/mol. The molecular weight excluding hydrogens is 352 g/mol. The Labute approximate surface area is 157 Å². The van der Waals surface area contributed by atoms with Crippen LogP contribution in [0.4, 0.5) is 0 Å². The zero-order chi connectivity index (χ0) is 19.2. The molecular formula is C19H24N2O6. The molecule has 1 aromatic carbocycles. The molecule has 3 fully saturated rings. The Kier molecular flexibility index (Phi) is 4.56. The van der Waals surface area contributed by atoms with Gasteiger partial charge in [0.15, 0.2) is 24.0 Å². The maximum Gasteiger partial charge on any atom is 0.272 e. The number of nitrogens with one attached hydrogen (secondary N) is 1. The minimum Gasteiger partial charge on any atom is -0.342 e. The summed E-state index contributed by atoms with van der Waals surface area (Å²) in [6.07, 6.45) is -1.64. The molecule has 5 atom stereocenters. The fourth-order valence-electron chi connectivity index (χ4n) is 3.60. The van der Waals surface area contributed by atoms with Crippen LogP contribution in [-0.4, -0.2) is 54.4 Å². The molecule has 3 saturated heterocycles. The molecule has 3 aliphatic rings. The van der Waals surface area contributed by atoms with Crippen LogP contribution in [0.5, 0.6) is 0 Å². The third-order valence-corrected chi connectivity index (χ3v) is 4.60. The van der Waals surface area contributed by atoms with E-state index in [0.717, 1.165) is 5.56 Å². The molecule has 1 amide bonds. The Morgan fingerprint density at radius 3 is 2.33 bits per heavy atom. The SMILES string of the molecule is CC1(C)O[C@H]2[C@@H](O1)[C@@H](C(=O)N/N=C\c1ccccc1)O[C@@H]1OC(C)(C)O[C@@H]12. The highest BCUT2D eigenvalue weighted by Crippen LogP contribution is 2.44. The number of hydrazone groups is 1. The van der Waals surface area contributed by atoms with Crippen molar-refractivity contribution in [1.82, 2.24) is 5.43 Å². The topological polar surface area (TPSA) is 87.6 Å². The maximum atomic E-state index is 12.7. The number of hydrogen-bond acceptors (Lipinski definition) is 7. The molecule has 0 bridgehead atoms. The number of carbonyl (C=O) groups excluding carboxylic acids is 1. The van der Waals surface area contributed by atoms with E-state index in [1.165, 1.54) is 0 Å². The molecule has 0 radical (unpaired) electrons. The van der Waals surface area contributed by atoms with Gasteiger partial charge in [0.1, 0.15) is 18.3 Å². The maximum absolute atomic E-state index is 12.7. The molecule has 0 aromatic heterocycles. The summed E-state index contributed by atoms with van der Waals surface area (Å²) in [5, 5.41) is 4.01. The molecule has 0 unspecified atom stereocenters. The van der Waals surface area contributed by atoms with Crippen LogP contribution in [0.2, 0.25) is 0 Å². The predicted molar refractivity (Wildman–Crippen MR) is 94.7 cm³/mol. The first-order valence-corrected chi connectivity index (χ1v) is 8.99. The zero-order valence-corrected chi connectivity index (χ0v) is 15.7. The van der Waals surface area contributed by atoms with Crippen LogP contribution in [0.1, 0.15) is 33.3 Å². The number of benzene rings is 1. The van der Waals surface area contributed by atoms with Crippen LogP contribution >= 0.6 is 0 Å². The second kappa shape index (κ2) is 6.65. The Morgan fingerprint density at radius 2 is 1.59 bits per heavy atom. The summed E-state index contributed by atoms with van der Waals surface area (Å²) in [5.74, 6) is -2.10. The van der Waals surface area contributed by atoms with Crippen molar-refractivity contribution < 1.29 is 28.5 Å². The van der Waals surface area contributed by atoms with Crippen molar-refractivity contribution >= 4 is 12.1 Å². The summed E-state index contributed by atoms with van der Waals surface area (Å²) in [6.45, 7) is 7.18. The van der Waals surface area contributed by atoms with Gasteiger partial charge in [-0.15, -0.1) is 0 Å². The van der Waals surface area contributed by atoms with E-state index in [9.17, 15) is 4.79 Å². The molecule has 1 aromatic rings. The van der Waals surface area contributed by atoms with Gasteiger partial charge in [0.2, 0.25) is 0 Å². The van der Waals surface area contributed by atoms with Gasteiger partial charge in [-0.2, -0.15) is 5.10 Å². The Bertz CT molecular complexity index is 735. The molecule has 146 valence electrons. The van der Waals surface area contributed by atoms with E-state index in [1.807, 2.05) is 30.3 Å². The van der Waals surface area contributed by atoms with Gasteiger partial charge >= 0.3 is 0 Å². The zero-order valence-electron chi connectivity index (χ0n) is 15.7. The standard InChI is InChI=1S/C19H24N2O6/c1-18(2)24-12-13(25-18)15-17(27-19(3,4)26-15)23-14(12)16(22)21-20-10-11-8-6-5-7-9-11/h5-10,12-15,17H,1-4H3,(H,21,22)/b20-10-/t12-,13+,14+,15-,17-/m1/s1. The molecule has 0 spiro atoms. The normalized spacial score (nSPS) is 36.4. The third kappa shape index (κ3) is 3.76. The number of rotatable bonds is 3. The Hall–Kier alpha value is -1.84. The highest BCUT2D eigenvalue weighted by atomic mass is 16.9. The van der Waals surface area contributed by atoms with Gasteiger partial charge in [-0.25, -0.2) is 5.43 Å². The van der Waals surface area contributed by atoms with Gasteiger partial charge in [0, 0.05) is 0 Å². The lowest BCUT2D eigenvalue weighted by molar-refractivity contribution is -0.231. The largest absolute Gasteiger partial charge is 0.342 e. The minimum absolute atomic E-state index is 0.426. The lowest BCUT2D eigenvalue weighted by Crippen LogP contribution is -2.59. The third-order valence-electron chi connectivity index (χ3n) is 4.60. The Balaban J connectivity index is 1.49. The number of carbonyl (C=O) groups is 1. The van der Waals surface area contributed by atoms with Crippen molar-refractivity contribution in [2.45, 2.75) is 70.0 Å². The summed E-state index contributed by atoms with van der Waals surface area (Å²) in [6, 6.07) is 9.46. The van der Waals surface area contributed by atoms with Crippen LogP contribution in [0.15, 0.2) is 35.4 Å². The first-order valence-electron chi connectivity index (χ1n) is 8.99. The van der Waals surface area contributed by atoms with Crippen molar-refractivity contribution in [2.24, 2.45) is 5.10 Å². The van der Waals surface area contributed by atoms with E-state index in [2.05, 4.69) is 10.5 Å².